The van der Waals surface area contributed by atoms with Gasteiger partial charge in [0.25, 0.3) is 0 Å². The first-order valence-corrected chi connectivity index (χ1v) is 10.3. The molecular weight excluding hydrogens is 388 g/mol. The average molecular weight is 417 g/mol. The highest BCUT2D eigenvalue weighted by molar-refractivity contribution is 5.92. The number of nitriles is 1. The maximum absolute atomic E-state index is 12.6. The Morgan fingerprint density at radius 3 is 2.13 bits per heavy atom. The summed E-state index contributed by atoms with van der Waals surface area (Å²) in [6, 6.07) is 18.4. The van der Waals surface area contributed by atoms with Gasteiger partial charge in [-0.15, -0.1) is 0 Å². The molecule has 0 fully saturated rings. The Labute approximate surface area is 183 Å². The zero-order chi connectivity index (χ0) is 22.8. The average Bonchev–Trinajstić information content (AvgIpc) is 2.73. The predicted molar refractivity (Wildman–Crippen MR) is 121 cm³/mol. The van der Waals surface area contributed by atoms with Gasteiger partial charge in [0.1, 0.15) is 17.4 Å². The number of hydrogen-bond donors (Lipinski definition) is 1. The third kappa shape index (κ3) is 4.49. The topological polar surface area (TPSA) is 85.3 Å². The van der Waals surface area contributed by atoms with Gasteiger partial charge in [-0.05, 0) is 41.5 Å². The minimum atomic E-state index is -0.630. The van der Waals surface area contributed by atoms with E-state index in [1.54, 1.807) is 13.8 Å². The van der Waals surface area contributed by atoms with Crippen LogP contribution in [0.4, 0.5) is 0 Å². The van der Waals surface area contributed by atoms with Crippen LogP contribution in [-0.2, 0) is 19.7 Å². The van der Waals surface area contributed by atoms with Crippen LogP contribution in [0.15, 0.2) is 71.3 Å². The van der Waals surface area contributed by atoms with Crippen LogP contribution in [0.3, 0.4) is 0 Å². The van der Waals surface area contributed by atoms with Gasteiger partial charge >= 0.3 is 5.97 Å². The zero-order valence-electron chi connectivity index (χ0n) is 18.7. The molecule has 5 nitrogen and oxygen atoms in total. The second kappa shape index (κ2) is 8.69. The van der Waals surface area contributed by atoms with Crippen molar-refractivity contribution in [3.8, 4) is 17.2 Å². The van der Waals surface area contributed by atoms with Gasteiger partial charge in [-0.3, -0.25) is 0 Å². The maximum atomic E-state index is 12.6. The summed E-state index contributed by atoms with van der Waals surface area (Å²) in [6.45, 7) is 10.2. The van der Waals surface area contributed by atoms with Gasteiger partial charge in [-0.25, -0.2) is 4.79 Å². The number of nitrogens with two attached hydrogens (primary N) is 1. The molecule has 0 spiro atoms. The summed E-state index contributed by atoms with van der Waals surface area (Å²) in [5, 5.41) is 9.69. The molecule has 1 aliphatic heterocycles. The van der Waals surface area contributed by atoms with Crippen LogP contribution in [0.25, 0.3) is 11.1 Å². The summed E-state index contributed by atoms with van der Waals surface area (Å²) < 4.78 is 10.7. The largest absolute Gasteiger partial charge is 0.463 e. The molecule has 2 N–H and O–H groups in total. The molecule has 0 saturated carbocycles. The number of hydrogen-bond acceptors (Lipinski definition) is 5. The Morgan fingerprint density at radius 1 is 1.10 bits per heavy atom. The Bertz CT molecular complexity index is 1080. The van der Waals surface area contributed by atoms with Crippen molar-refractivity contribution in [2.24, 2.45) is 5.73 Å². The molecule has 0 bridgehead atoms. The van der Waals surface area contributed by atoms with Gasteiger partial charge in [0, 0.05) is 0 Å². The fourth-order valence-electron chi connectivity index (χ4n) is 3.72. The van der Waals surface area contributed by atoms with Crippen molar-refractivity contribution in [2.75, 3.05) is 6.61 Å². The lowest BCUT2D eigenvalue weighted by Gasteiger charge is -2.27. The molecule has 5 heteroatoms. The van der Waals surface area contributed by atoms with Crippen LogP contribution < -0.4 is 5.73 Å². The molecule has 0 aliphatic carbocycles. The van der Waals surface area contributed by atoms with E-state index in [1.165, 1.54) is 5.56 Å². The molecular formula is C26H28N2O3. The first kappa shape index (κ1) is 22.2. The van der Waals surface area contributed by atoms with Crippen LogP contribution >= 0.6 is 0 Å². The van der Waals surface area contributed by atoms with E-state index >= 15 is 0 Å². The van der Waals surface area contributed by atoms with E-state index in [0.717, 1.165) is 16.7 Å². The van der Waals surface area contributed by atoms with Crippen LogP contribution in [0.2, 0.25) is 0 Å². The first-order valence-electron chi connectivity index (χ1n) is 10.3. The van der Waals surface area contributed by atoms with Crippen molar-refractivity contribution in [3.63, 3.8) is 0 Å². The highest BCUT2D eigenvalue weighted by Gasteiger charge is 2.36. The minimum Gasteiger partial charge on any atom is -0.463 e. The van der Waals surface area contributed by atoms with Gasteiger partial charge < -0.3 is 15.2 Å². The summed E-state index contributed by atoms with van der Waals surface area (Å²) in [5.41, 5.74) is 10.8. The standard InChI is InChI=1S/C26H28N2O3/c1-6-30-25(29)22-16(2)31-24(28)21(15-27)23(22)19-9-7-17(8-10-19)18-11-13-20(14-12-18)26(3,4)5/h7-14,23H,6,28H2,1-5H3. The van der Waals surface area contributed by atoms with Gasteiger partial charge in [-0.2, -0.15) is 5.26 Å². The number of allylic oxidation sites excluding steroid dienone is 2. The first-order chi connectivity index (χ1) is 14.7. The fourth-order valence-corrected chi connectivity index (χ4v) is 3.72. The summed E-state index contributed by atoms with van der Waals surface area (Å²) in [5.74, 6) is -0.774. The molecule has 1 heterocycles. The number of esters is 1. The Kier molecular flexibility index (Phi) is 6.21. The van der Waals surface area contributed by atoms with E-state index in [9.17, 15) is 10.1 Å². The van der Waals surface area contributed by atoms with Gasteiger partial charge in [0.2, 0.25) is 5.88 Å². The van der Waals surface area contributed by atoms with Crippen molar-refractivity contribution in [1.29, 1.82) is 5.26 Å². The summed E-state index contributed by atoms with van der Waals surface area (Å²) in [7, 11) is 0. The highest BCUT2D eigenvalue weighted by Crippen LogP contribution is 2.40. The van der Waals surface area contributed by atoms with E-state index in [0.29, 0.717) is 11.3 Å². The van der Waals surface area contributed by atoms with E-state index in [2.05, 4.69) is 51.1 Å². The summed E-state index contributed by atoms with van der Waals surface area (Å²) in [6.07, 6.45) is 0. The van der Waals surface area contributed by atoms with Gasteiger partial charge in [0.05, 0.1) is 18.1 Å². The van der Waals surface area contributed by atoms with Crippen LogP contribution in [0, 0.1) is 11.3 Å². The van der Waals surface area contributed by atoms with Crippen molar-refractivity contribution in [3.05, 3.63) is 82.4 Å². The van der Waals surface area contributed by atoms with Gasteiger partial charge in [0.15, 0.2) is 0 Å². The molecule has 1 aliphatic rings. The number of carbonyl (C=O) groups excluding carboxylic acids is 1. The molecule has 0 amide bonds. The number of nitrogens with zero attached hydrogens (tertiary/aromatic N) is 1. The third-order valence-corrected chi connectivity index (χ3v) is 5.43. The minimum absolute atomic E-state index is 0.0138. The Balaban J connectivity index is 1.99. The SMILES string of the molecule is CCOC(=O)C1=C(C)OC(N)=C(C#N)C1c1ccc(-c2ccc(C(C)(C)C)cc2)cc1. The van der Waals surface area contributed by atoms with Crippen molar-refractivity contribution in [1.82, 2.24) is 0 Å². The fraction of sp³-hybridized carbons (Fsp3) is 0.308. The molecule has 0 saturated heterocycles. The molecule has 0 aromatic heterocycles. The molecule has 160 valence electrons. The van der Waals surface area contributed by atoms with E-state index < -0.39 is 11.9 Å². The second-order valence-electron chi connectivity index (χ2n) is 8.56. The van der Waals surface area contributed by atoms with Crippen molar-refractivity contribution >= 4 is 5.97 Å². The molecule has 3 rings (SSSR count). The monoisotopic (exact) mass is 416 g/mol. The molecule has 2 aromatic rings. The lowest BCUT2D eigenvalue weighted by Crippen LogP contribution is -2.25. The molecule has 1 atom stereocenters. The van der Waals surface area contributed by atoms with Crippen molar-refractivity contribution < 1.29 is 14.3 Å². The maximum Gasteiger partial charge on any atom is 0.338 e. The molecule has 0 radical (unpaired) electrons. The Hall–Kier alpha value is -3.52. The quantitative estimate of drug-likeness (QED) is 0.684. The molecule has 31 heavy (non-hydrogen) atoms. The van der Waals surface area contributed by atoms with E-state index in [4.69, 9.17) is 15.2 Å². The summed E-state index contributed by atoms with van der Waals surface area (Å²) in [4.78, 5) is 12.6. The zero-order valence-corrected chi connectivity index (χ0v) is 18.7. The number of ether oxygens (including phenoxy) is 2. The van der Waals surface area contributed by atoms with Crippen LogP contribution in [0.1, 0.15) is 51.7 Å². The smallest absolute Gasteiger partial charge is 0.338 e. The van der Waals surface area contributed by atoms with Crippen LogP contribution in [0.5, 0.6) is 0 Å². The van der Waals surface area contributed by atoms with Gasteiger partial charge in [-0.1, -0.05) is 69.3 Å². The highest BCUT2D eigenvalue weighted by atomic mass is 16.5. The van der Waals surface area contributed by atoms with Crippen molar-refractivity contribution in [2.45, 2.75) is 46.0 Å². The molecule has 1 unspecified atom stereocenters. The predicted octanol–water partition coefficient (Wildman–Crippen LogP) is 5.30. The lowest BCUT2D eigenvalue weighted by molar-refractivity contribution is -0.139. The normalized spacial score (nSPS) is 16.6. The van der Waals surface area contributed by atoms with E-state index in [1.807, 2.05) is 24.3 Å². The number of rotatable bonds is 4. The third-order valence-electron chi connectivity index (χ3n) is 5.43. The Morgan fingerprint density at radius 2 is 1.65 bits per heavy atom. The lowest BCUT2D eigenvalue weighted by atomic mass is 9.82. The van der Waals surface area contributed by atoms with E-state index in [-0.39, 0.29) is 23.5 Å². The second-order valence-corrected chi connectivity index (χ2v) is 8.56. The summed E-state index contributed by atoms with van der Waals surface area (Å²) >= 11 is 0. The number of carbonyl (C=O) groups is 1. The van der Waals surface area contributed by atoms with Crippen LogP contribution in [-0.4, -0.2) is 12.6 Å². The molecule has 2 aromatic carbocycles. The number of benzene rings is 2.